The second-order valence-corrected chi connectivity index (χ2v) is 8.66. The molecule has 156 valence electrons. The first-order valence-corrected chi connectivity index (χ1v) is 10.7. The molecule has 0 spiro atoms. The van der Waals surface area contributed by atoms with Crippen LogP contribution in [0.15, 0.2) is 24.4 Å². The Morgan fingerprint density at radius 3 is 2.60 bits per heavy atom. The van der Waals surface area contributed by atoms with E-state index in [1.54, 1.807) is 31.6 Å². The van der Waals surface area contributed by atoms with E-state index >= 15 is 0 Å². The number of methoxy groups -OCH3 is 1. The van der Waals surface area contributed by atoms with E-state index in [9.17, 15) is 5.11 Å². The van der Waals surface area contributed by atoms with Crippen LogP contribution in [0.3, 0.4) is 0 Å². The first-order chi connectivity index (χ1) is 14.4. The monoisotopic (exact) mass is 423 g/mol. The Hall–Kier alpha value is -2.61. The normalized spacial score (nSPS) is 12.6. The van der Waals surface area contributed by atoms with Gasteiger partial charge in [-0.05, 0) is 62.6 Å². The minimum Gasteiger partial charge on any atom is -0.491 e. The zero-order valence-electron chi connectivity index (χ0n) is 17.8. The van der Waals surface area contributed by atoms with Crippen molar-refractivity contribution in [2.45, 2.75) is 40.4 Å². The maximum atomic E-state index is 9.56. The SMILES string of the molecule is COCc1cnc2c(-c3nc4c(C)c(C)c(OCC(C)O)cc4s3)cc(C)cc2n1. The topological polar surface area (TPSA) is 77.4 Å². The van der Waals surface area contributed by atoms with E-state index in [2.05, 4.69) is 24.9 Å². The number of fused-ring (bicyclic) bond motifs is 2. The molecule has 30 heavy (non-hydrogen) atoms. The highest BCUT2D eigenvalue weighted by Crippen LogP contribution is 2.38. The summed E-state index contributed by atoms with van der Waals surface area (Å²) >= 11 is 1.61. The van der Waals surface area contributed by atoms with E-state index in [-0.39, 0.29) is 6.61 Å². The molecule has 6 nitrogen and oxygen atoms in total. The fourth-order valence-corrected chi connectivity index (χ4v) is 4.52. The molecule has 1 atom stereocenters. The molecule has 4 rings (SSSR count). The van der Waals surface area contributed by atoms with E-state index in [0.29, 0.717) is 6.61 Å². The summed E-state index contributed by atoms with van der Waals surface area (Å²) in [6.45, 7) is 8.55. The summed E-state index contributed by atoms with van der Waals surface area (Å²) in [5, 5.41) is 10.5. The predicted octanol–water partition coefficient (Wildman–Crippen LogP) is 4.74. The Morgan fingerprint density at radius 2 is 1.87 bits per heavy atom. The van der Waals surface area contributed by atoms with Crippen molar-refractivity contribution in [2.24, 2.45) is 0 Å². The molecule has 0 radical (unpaired) electrons. The zero-order valence-corrected chi connectivity index (χ0v) is 18.6. The minimum atomic E-state index is -0.516. The molecule has 2 aromatic carbocycles. The summed E-state index contributed by atoms with van der Waals surface area (Å²) in [5.74, 6) is 0.786. The van der Waals surface area contributed by atoms with Crippen LogP contribution in [0.5, 0.6) is 5.75 Å². The summed E-state index contributed by atoms with van der Waals surface area (Å²) in [5.41, 5.74) is 7.65. The van der Waals surface area contributed by atoms with Gasteiger partial charge in [0.05, 0.1) is 45.9 Å². The first-order valence-electron chi connectivity index (χ1n) is 9.84. The summed E-state index contributed by atoms with van der Waals surface area (Å²) in [4.78, 5) is 14.3. The molecule has 0 aliphatic heterocycles. The summed E-state index contributed by atoms with van der Waals surface area (Å²) in [7, 11) is 1.65. The highest BCUT2D eigenvalue weighted by Gasteiger charge is 2.17. The van der Waals surface area contributed by atoms with Crippen molar-refractivity contribution in [2.75, 3.05) is 13.7 Å². The number of aliphatic hydroxyl groups is 1. The van der Waals surface area contributed by atoms with Crippen LogP contribution in [0.1, 0.15) is 29.3 Å². The summed E-state index contributed by atoms with van der Waals surface area (Å²) in [6, 6.07) is 6.16. The average molecular weight is 424 g/mol. The van der Waals surface area contributed by atoms with Crippen LogP contribution in [0.4, 0.5) is 0 Å². The number of aryl methyl sites for hydroxylation is 2. The molecular formula is C23H25N3O3S. The quantitative estimate of drug-likeness (QED) is 0.483. The van der Waals surface area contributed by atoms with Crippen LogP contribution >= 0.6 is 11.3 Å². The fourth-order valence-electron chi connectivity index (χ4n) is 3.45. The van der Waals surface area contributed by atoms with Gasteiger partial charge in [-0.1, -0.05) is 0 Å². The molecule has 1 N–H and O–H groups in total. The second kappa shape index (κ2) is 8.26. The molecule has 0 aliphatic carbocycles. The molecule has 0 saturated carbocycles. The lowest BCUT2D eigenvalue weighted by atomic mass is 10.1. The molecule has 0 bridgehead atoms. The second-order valence-electron chi connectivity index (χ2n) is 7.63. The molecule has 4 aromatic rings. The van der Waals surface area contributed by atoms with Gasteiger partial charge in [-0.15, -0.1) is 11.3 Å². The number of hydrogen-bond donors (Lipinski definition) is 1. The summed E-state index contributed by atoms with van der Waals surface area (Å²) in [6.07, 6.45) is 1.24. The van der Waals surface area contributed by atoms with Crippen LogP contribution in [0, 0.1) is 20.8 Å². The largest absolute Gasteiger partial charge is 0.491 e. The number of thiazole rings is 1. The number of ether oxygens (including phenoxy) is 2. The maximum absolute atomic E-state index is 9.56. The number of aliphatic hydroxyl groups excluding tert-OH is 1. The minimum absolute atomic E-state index is 0.263. The van der Waals surface area contributed by atoms with Crippen molar-refractivity contribution >= 4 is 32.6 Å². The van der Waals surface area contributed by atoms with Gasteiger partial charge in [0.1, 0.15) is 17.4 Å². The van der Waals surface area contributed by atoms with Crippen molar-refractivity contribution in [3.63, 3.8) is 0 Å². The van der Waals surface area contributed by atoms with Crippen molar-refractivity contribution in [3.05, 3.63) is 46.8 Å². The number of nitrogens with zero attached hydrogens (tertiary/aromatic N) is 3. The molecule has 1 unspecified atom stereocenters. The van der Waals surface area contributed by atoms with E-state index in [4.69, 9.17) is 19.4 Å². The van der Waals surface area contributed by atoms with Gasteiger partial charge in [-0.2, -0.15) is 0 Å². The maximum Gasteiger partial charge on any atom is 0.126 e. The van der Waals surface area contributed by atoms with Crippen molar-refractivity contribution in [3.8, 4) is 16.3 Å². The van der Waals surface area contributed by atoms with E-state index in [1.807, 2.05) is 19.1 Å². The standard InChI is InChI=1S/C23H25N3O3S/c1-12-6-17(22-18(7-12)25-16(9-24-22)11-28-5)23-26-21-15(4)14(3)19(8-20(21)30-23)29-10-13(2)27/h6-9,13,27H,10-11H2,1-5H3. The Bertz CT molecular complexity index is 1230. The van der Waals surface area contributed by atoms with Gasteiger partial charge in [0, 0.05) is 12.7 Å². The Balaban J connectivity index is 1.85. The summed E-state index contributed by atoms with van der Waals surface area (Å²) < 4.78 is 12.1. The molecule has 2 heterocycles. The lowest BCUT2D eigenvalue weighted by Crippen LogP contribution is -2.13. The van der Waals surface area contributed by atoms with Gasteiger partial charge in [0.15, 0.2) is 0 Å². The van der Waals surface area contributed by atoms with Gasteiger partial charge in [0.2, 0.25) is 0 Å². The van der Waals surface area contributed by atoms with Gasteiger partial charge < -0.3 is 14.6 Å². The third-order valence-electron chi connectivity index (χ3n) is 5.05. The first kappa shape index (κ1) is 20.7. The van der Waals surface area contributed by atoms with Crippen LogP contribution in [0.2, 0.25) is 0 Å². The number of rotatable bonds is 6. The highest BCUT2D eigenvalue weighted by molar-refractivity contribution is 7.21. The molecule has 2 aromatic heterocycles. The molecule has 0 fully saturated rings. The molecule has 7 heteroatoms. The van der Waals surface area contributed by atoms with Crippen molar-refractivity contribution < 1.29 is 14.6 Å². The third kappa shape index (κ3) is 3.88. The van der Waals surface area contributed by atoms with Gasteiger partial charge in [-0.25, -0.2) is 9.97 Å². The van der Waals surface area contributed by atoms with Crippen LogP contribution in [-0.2, 0) is 11.3 Å². The van der Waals surface area contributed by atoms with Gasteiger partial charge >= 0.3 is 0 Å². The average Bonchev–Trinajstić information content (AvgIpc) is 3.13. The lowest BCUT2D eigenvalue weighted by molar-refractivity contribution is 0.122. The van der Waals surface area contributed by atoms with E-state index < -0.39 is 6.10 Å². The van der Waals surface area contributed by atoms with Gasteiger partial charge in [0.25, 0.3) is 0 Å². The van der Waals surface area contributed by atoms with Gasteiger partial charge in [-0.3, -0.25) is 4.98 Å². The third-order valence-corrected chi connectivity index (χ3v) is 6.08. The molecular weight excluding hydrogens is 398 g/mol. The van der Waals surface area contributed by atoms with Crippen LogP contribution < -0.4 is 4.74 Å². The number of aromatic nitrogens is 3. The van der Waals surface area contributed by atoms with Crippen molar-refractivity contribution in [1.29, 1.82) is 0 Å². The van der Waals surface area contributed by atoms with E-state index in [0.717, 1.165) is 60.0 Å². The lowest BCUT2D eigenvalue weighted by Gasteiger charge is -2.12. The van der Waals surface area contributed by atoms with Crippen LogP contribution in [-0.4, -0.2) is 39.9 Å². The molecule has 0 aliphatic rings. The molecule has 0 saturated heterocycles. The Kier molecular flexibility index (Phi) is 5.69. The Labute approximate surface area is 179 Å². The predicted molar refractivity (Wildman–Crippen MR) is 120 cm³/mol. The Morgan fingerprint density at radius 1 is 1.07 bits per heavy atom. The smallest absolute Gasteiger partial charge is 0.126 e. The molecule has 0 amide bonds. The number of benzene rings is 2. The highest BCUT2D eigenvalue weighted by atomic mass is 32.1. The van der Waals surface area contributed by atoms with Crippen molar-refractivity contribution in [1.82, 2.24) is 15.0 Å². The fraction of sp³-hybridized carbons (Fsp3) is 0.348. The van der Waals surface area contributed by atoms with E-state index in [1.165, 1.54) is 0 Å². The zero-order chi connectivity index (χ0) is 21.4. The van der Waals surface area contributed by atoms with Crippen LogP contribution in [0.25, 0.3) is 31.8 Å². The number of hydrogen-bond acceptors (Lipinski definition) is 7.